The highest BCUT2D eigenvalue weighted by molar-refractivity contribution is 6.33. The summed E-state index contributed by atoms with van der Waals surface area (Å²) >= 11 is 0. The van der Waals surface area contributed by atoms with Crippen LogP contribution in [-0.2, 0) is 16.0 Å². The molecule has 0 spiro atoms. The van der Waals surface area contributed by atoms with Crippen LogP contribution in [0, 0.1) is 0 Å². The minimum Gasteiger partial charge on any atom is -0.475 e. The fraction of sp³-hybridized carbons (Fsp3) is 0.0667. The lowest BCUT2D eigenvalue weighted by Gasteiger charge is -2.06. The molecule has 0 aliphatic rings. The number of rotatable bonds is 5. The molecular formula is C15H12O4. The zero-order valence-electron chi connectivity index (χ0n) is 10.1. The van der Waals surface area contributed by atoms with E-state index in [1.165, 1.54) is 0 Å². The van der Waals surface area contributed by atoms with Gasteiger partial charge in [0.15, 0.2) is 0 Å². The molecule has 0 fully saturated rings. The Balaban J connectivity index is 2.11. The first-order chi connectivity index (χ1) is 9.15. The van der Waals surface area contributed by atoms with Gasteiger partial charge in [-0.05, 0) is 29.8 Å². The van der Waals surface area contributed by atoms with E-state index in [0.29, 0.717) is 17.1 Å². The second-order valence-corrected chi connectivity index (χ2v) is 3.97. The summed E-state index contributed by atoms with van der Waals surface area (Å²) in [6, 6.07) is 16.1. The molecule has 0 atom stereocenters. The molecular weight excluding hydrogens is 244 g/mol. The van der Waals surface area contributed by atoms with Crippen molar-refractivity contribution < 1.29 is 19.4 Å². The summed E-state index contributed by atoms with van der Waals surface area (Å²) in [4.78, 5) is 21.6. The van der Waals surface area contributed by atoms with E-state index < -0.39 is 11.8 Å². The summed E-state index contributed by atoms with van der Waals surface area (Å²) in [5, 5.41) is 8.57. The molecule has 2 rings (SSSR count). The summed E-state index contributed by atoms with van der Waals surface area (Å²) in [7, 11) is 0. The molecule has 2 aromatic carbocycles. The Labute approximate surface area is 110 Å². The Kier molecular flexibility index (Phi) is 3.93. The quantitative estimate of drug-likeness (QED) is 0.835. The van der Waals surface area contributed by atoms with Crippen molar-refractivity contribution in [2.75, 3.05) is 0 Å². The molecule has 4 heteroatoms. The largest absolute Gasteiger partial charge is 0.475 e. The van der Waals surface area contributed by atoms with Crippen LogP contribution in [0.2, 0.25) is 0 Å². The van der Waals surface area contributed by atoms with Crippen LogP contribution in [0.5, 0.6) is 11.5 Å². The number of carbonyl (C=O) groups is 2. The lowest BCUT2D eigenvalue weighted by Crippen LogP contribution is -2.14. The number of aliphatic carboxylic acids is 1. The first kappa shape index (κ1) is 12.8. The molecule has 1 N–H and O–H groups in total. The van der Waals surface area contributed by atoms with Crippen LogP contribution in [0.25, 0.3) is 0 Å². The van der Waals surface area contributed by atoms with Crippen LogP contribution >= 0.6 is 0 Å². The van der Waals surface area contributed by atoms with Crippen molar-refractivity contribution >= 4 is 11.8 Å². The predicted molar refractivity (Wildman–Crippen MR) is 69.3 cm³/mol. The standard InChI is InChI=1S/C15H12O4/c16-14(15(17)18)10-11-5-4-8-13(9-11)19-12-6-2-1-3-7-12/h1-9H,10H2,(H,17,18). The third-order valence-electron chi connectivity index (χ3n) is 2.48. The Morgan fingerprint density at radius 2 is 1.63 bits per heavy atom. The second kappa shape index (κ2) is 5.82. The molecule has 2 aromatic rings. The zero-order chi connectivity index (χ0) is 13.7. The normalized spacial score (nSPS) is 9.89. The molecule has 0 radical (unpaired) electrons. The van der Waals surface area contributed by atoms with Gasteiger partial charge in [0.05, 0.1) is 0 Å². The number of hydrogen-bond donors (Lipinski definition) is 1. The summed E-state index contributed by atoms with van der Waals surface area (Å²) in [6.07, 6.45) is -0.138. The van der Waals surface area contributed by atoms with Gasteiger partial charge in [-0.1, -0.05) is 30.3 Å². The first-order valence-corrected chi connectivity index (χ1v) is 5.73. The van der Waals surface area contributed by atoms with Crippen molar-refractivity contribution in [3.8, 4) is 11.5 Å². The lowest BCUT2D eigenvalue weighted by atomic mass is 10.1. The van der Waals surface area contributed by atoms with Crippen LogP contribution in [0.3, 0.4) is 0 Å². The molecule has 0 aliphatic heterocycles. The van der Waals surface area contributed by atoms with E-state index in [-0.39, 0.29) is 6.42 Å². The molecule has 0 aromatic heterocycles. The van der Waals surface area contributed by atoms with Gasteiger partial charge in [-0.3, -0.25) is 4.79 Å². The van der Waals surface area contributed by atoms with Crippen molar-refractivity contribution in [3.05, 3.63) is 60.2 Å². The highest BCUT2D eigenvalue weighted by Crippen LogP contribution is 2.21. The SMILES string of the molecule is O=C(O)C(=O)Cc1cccc(Oc2ccccc2)c1. The number of carboxylic acids is 1. The highest BCUT2D eigenvalue weighted by Gasteiger charge is 2.12. The topological polar surface area (TPSA) is 63.6 Å². The minimum atomic E-state index is -1.42. The van der Waals surface area contributed by atoms with Crippen LogP contribution in [0.1, 0.15) is 5.56 Å². The van der Waals surface area contributed by atoms with Gasteiger partial charge in [-0.2, -0.15) is 0 Å². The van der Waals surface area contributed by atoms with Gasteiger partial charge in [-0.25, -0.2) is 4.79 Å². The molecule has 0 aliphatic carbocycles. The number of ether oxygens (including phenoxy) is 1. The van der Waals surface area contributed by atoms with Crippen molar-refractivity contribution in [2.45, 2.75) is 6.42 Å². The molecule has 0 amide bonds. The second-order valence-electron chi connectivity index (χ2n) is 3.97. The number of benzene rings is 2. The Morgan fingerprint density at radius 3 is 2.32 bits per heavy atom. The maximum Gasteiger partial charge on any atom is 0.372 e. The number of para-hydroxylation sites is 1. The van der Waals surface area contributed by atoms with E-state index in [2.05, 4.69) is 0 Å². The summed E-state index contributed by atoms with van der Waals surface area (Å²) in [5.41, 5.74) is 0.612. The van der Waals surface area contributed by atoms with Crippen molar-refractivity contribution in [3.63, 3.8) is 0 Å². The van der Waals surface area contributed by atoms with Crippen LogP contribution in [0.4, 0.5) is 0 Å². The molecule has 0 saturated heterocycles. The smallest absolute Gasteiger partial charge is 0.372 e. The molecule has 0 heterocycles. The van der Waals surface area contributed by atoms with Gasteiger partial charge in [0.25, 0.3) is 0 Å². The van der Waals surface area contributed by atoms with E-state index in [4.69, 9.17) is 9.84 Å². The zero-order valence-corrected chi connectivity index (χ0v) is 10.1. The number of hydrogen-bond acceptors (Lipinski definition) is 3. The van der Waals surface area contributed by atoms with E-state index >= 15 is 0 Å². The number of carboxylic acid groups (broad SMARTS) is 1. The van der Waals surface area contributed by atoms with Gasteiger partial charge < -0.3 is 9.84 Å². The highest BCUT2D eigenvalue weighted by atomic mass is 16.5. The summed E-state index contributed by atoms with van der Waals surface area (Å²) < 4.78 is 5.60. The fourth-order valence-corrected chi connectivity index (χ4v) is 1.60. The van der Waals surface area contributed by atoms with Gasteiger partial charge in [-0.15, -0.1) is 0 Å². The number of Topliss-reactive ketones (excluding diaryl/α,β-unsaturated/α-hetero) is 1. The molecule has 0 unspecified atom stereocenters. The van der Waals surface area contributed by atoms with Gasteiger partial charge in [0.2, 0.25) is 5.78 Å². The minimum absolute atomic E-state index is 0.138. The summed E-state index contributed by atoms with van der Waals surface area (Å²) in [6.45, 7) is 0. The Bertz CT molecular complexity index is 590. The van der Waals surface area contributed by atoms with Crippen LogP contribution < -0.4 is 4.74 Å². The summed E-state index contributed by atoms with van der Waals surface area (Å²) in [5.74, 6) is -1.00. The first-order valence-electron chi connectivity index (χ1n) is 5.73. The number of carbonyl (C=O) groups excluding carboxylic acids is 1. The average Bonchev–Trinajstić information content (AvgIpc) is 2.40. The van der Waals surface area contributed by atoms with E-state index in [1.54, 1.807) is 24.3 Å². The molecule has 0 saturated carbocycles. The van der Waals surface area contributed by atoms with Gasteiger partial charge >= 0.3 is 5.97 Å². The average molecular weight is 256 g/mol. The Morgan fingerprint density at radius 1 is 0.947 bits per heavy atom. The lowest BCUT2D eigenvalue weighted by molar-refractivity contribution is -0.148. The molecule has 96 valence electrons. The third kappa shape index (κ3) is 3.67. The third-order valence-corrected chi connectivity index (χ3v) is 2.48. The maximum absolute atomic E-state index is 11.1. The molecule has 0 bridgehead atoms. The monoisotopic (exact) mass is 256 g/mol. The maximum atomic E-state index is 11.1. The predicted octanol–water partition coefficient (Wildman–Crippen LogP) is 2.68. The van der Waals surface area contributed by atoms with Crippen molar-refractivity contribution in [1.29, 1.82) is 0 Å². The van der Waals surface area contributed by atoms with Gasteiger partial charge in [0, 0.05) is 6.42 Å². The van der Waals surface area contributed by atoms with Gasteiger partial charge in [0.1, 0.15) is 11.5 Å². The molecule has 4 nitrogen and oxygen atoms in total. The van der Waals surface area contributed by atoms with Crippen LogP contribution in [0.15, 0.2) is 54.6 Å². The van der Waals surface area contributed by atoms with Crippen molar-refractivity contribution in [2.24, 2.45) is 0 Å². The van der Waals surface area contributed by atoms with E-state index in [9.17, 15) is 9.59 Å². The van der Waals surface area contributed by atoms with E-state index in [0.717, 1.165) is 0 Å². The fourth-order valence-electron chi connectivity index (χ4n) is 1.60. The van der Waals surface area contributed by atoms with E-state index in [1.807, 2.05) is 30.3 Å². The Hall–Kier alpha value is -2.62. The molecule has 19 heavy (non-hydrogen) atoms. The van der Waals surface area contributed by atoms with Crippen LogP contribution in [-0.4, -0.2) is 16.9 Å². The van der Waals surface area contributed by atoms with Crippen molar-refractivity contribution in [1.82, 2.24) is 0 Å². The number of ketones is 1.